The Hall–Kier alpha value is -4.89. The minimum Gasteiger partial charge on any atom is -0.455 e. The Morgan fingerprint density at radius 3 is 1.84 bits per heavy atom. The molecule has 3 nitrogen and oxygen atoms in total. The number of benzene rings is 5. The molecular formula is C47H51N2O+. The molecule has 5 aromatic carbocycles. The Morgan fingerprint density at radius 2 is 1.24 bits per heavy atom. The second-order valence-electron chi connectivity index (χ2n) is 14.5. The van der Waals surface area contributed by atoms with Crippen molar-refractivity contribution in [2.24, 2.45) is 7.05 Å². The molecule has 0 spiro atoms. The molecule has 0 unspecified atom stereocenters. The van der Waals surface area contributed by atoms with Gasteiger partial charge in [0.25, 0.3) is 5.82 Å². The van der Waals surface area contributed by atoms with Crippen LogP contribution in [0.15, 0.2) is 108 Å². The molecule has 0 N–H and O–H groups in total. The molecule has 2 aromatic heterocycles. The van der Waals surface area contributed by atoms with Crippen LogP contribution in [0.3, 0.4) is 0 Å². The van der Waals surface area contributed by atoms with Crippen LogP contribution in [0, 0.1) is 6.92 Å². The maximum atomic E-state index is 9.31. The smallest absolute Gasteiger partial charge is 0.297 e. The van der Waals surface area contributed by atoms with E-state index in [2.05, 4.69) is 70.7 Å². The first kappa shape index (κ1) is 27.9. The number of nitrogens with zero attached hydrogens (tertiary/aromatic N) is 2. The van der Waals surface area contributed by atoms with Crippen molar-refractivity contribution in [2.45, 2.75) is 85.9 Å². The average molecular weight is 665 g/mol. The molecule has 0 aliphatic heterocycles. The Bertz CT molecular complexity index is 2540. The lowest BCUT2D eigenvalue weighted by Crippen LogP contribution is -2.29. The van der Waals surface area contributed by atoms with E-state index in [4.69, 9.17) is 8.53 Å². The van der Waals surface area contributed by atoms with Crippen LogP contribution in [-0.4, -0.2) is 4.57 Å². The molecule has 0 amide bonds. The van der Waals surface area contributed by atoms with E-state index in [-0.39, 0.29) is 6.04 Å². The van der Waals surface area contributed by atoms with Crippen molar-refractivity contribution < 1.29 is 15.8 Å². The Balaban J connectivity index is 1.50. The number of rotatable bonds is 8. The zero-order chi connectivity index (χ0) is 40.0. The first-order chi connectivity index (χ1) is 25.6. The predicted octanol–water partition coefficient (Wildman–Crippen LogP) is 13.0. The van der Waals surface area contributed by atoms with Gasteiger partial charge in [-0.1, -0.05) is 134 Å². The fourth-order valence-corrected chi connectivity index (χ4v) is 7.38. The van der Waals surface area contributed by atoms with E-state index in [0.717, 1.165) is 72.4 Å². The molecule has 2 heterocycles. The predicted molar refractivity (Wildman–Crippen MR) is 212 cm³/mol. The number of fused-ring (bicyclic) bond motifs is 3. The summed E-state index contributed by atoms with van der Waals surface area (Å²) in [5, 5.41) is 1.92. The molecule has 0 radical (unpaired) electrons. The zero-order valence-electron chi connectivity index (χ0n) is 36.0. The summed E-state index contributed by atoms with van der Waals surface area (Å²) in [6.07, 6.45) is 3.96. The second kappa shape index (κ2) is 13.1. The van der Waals surface area contributed by atoms with Crippen LogP contribution in [-0.2, 0) is 7.05 Å². The van der Waals surface area contributed by atoms with Crippen LogP contribution >= 0.6 is 0 Å². The number of aryl methyl sites for hydroxylation is 2. The van der Waals surface area contributed by atoms with Crippen LogP contribution in [0.5, 0.6) is 0 Å². The Kier molecular flexibility index (Phi) is 7.30. The lowest BCUT2D eigenvalue weighted by Gasteiger charge is -2.22. The molecule has 0 atom stereocenters. The largest absolute Gasteiger partial charge is 0.455 e. The molecule has 0 saturated heterocycles. The van der Waals surface area contributed by atoms with Gasteiger partial charge in [0.15, 0.2) is 5.58 Å². The topological polar surface area (TPSA) is 21.9 Å². The summed E-state index contributed by atoms with van der Waals surface area (Å²) in [7, 11) is 1.99. The van der Waals surface area contributed by atoms with Crippen LogP contribution in [0.1, 0.15) is 114 Å². The van der Waals surface area contributed by atoms with Gasteiger partial charge in [0.2, 0.25) is 0 Å². The number of aromatic nitrogens is 2. The van der Waals surface area contributed by atoms with E-state index in [1.54, 1.807) is 12.1 Å². The van der Waals surface area contributed by atoms with Gasteiger partial charge in [0, 0.05) is 27.4 Å². The van der Waals surface area contributed by atoms with Crippen LogP contribution in [0.4, 0.5) is 0 Å². The summed E-state index contributed by atoms with van der Waals surface area (Å²) >= 11 is 0. The van der Waals surface area contributed by atoms with E-state index >= 15 is 0 Å². The van der Waals surface area contributed by atoms with Gasteiger partial charge in [-0.2, -0.15) is 4.57 Å². The normalized spacial score (nSPS) is 14.4. The molecule has 3 heteroatoms. The van der Waals surface area contributed by atoms with Gasteiger partial charge in [0.05, 0.1) is 8.42 Å². The molecular weight excluding hydrogens is 609 g/mol. The molecule has 0 bridgehead atoms. The minimum atomic E-state index is -1.04. The van der Waals surface area contributed by atoms with E-state index in [1.807, 2.05) is 93.0 Å². The van der Waals surface area contributed by atoms with Crippen molar-refractivity contribution in [3.05, 3.63) is 131 Å². The minimum absolute atomic E-state index is 0.280. The van der Waals surface area contributed by atoms with Crippen molar-refractivity contribution in [1.29, 1.82) is 0 Å². The summed E-state index contributed by atoms with van der Waals surface area (Å²) < 4.78 is 56.6. The van der Waals surface area contributed by atoms with Crippen molar-refractivity contribution in [3.63, 3.8) is 0 Å². The average Bonchev–Trinajstić information content (AvgIpc) is 3.65. The first-order valence-electron chi connectivity index (χ1n) is 20.0. The molecule has 0 saturated carbocycles. The highest BCUT2D eigenvalue weighted by Gasteiger charge is 2.30. The molecule has 7 aromatic rings. The van der Waals surface area contributed by atoms with Crippen molar-refractivity contribution >= 4 is 21.9 Å². The van der Waals surface area contributed by atoms with Crippen LogP contribution in [0.2, 0.25) is 0 Å². The number of imidazole rings is 1. The van der Waals surface area contributed by atoms with Crippen LogP contribution < -0.4 is 4.57 Å². The number of para-hydroxylation sites is 1. The fourth-order valence-electron chi connectivity index (χ4n) is 7.38. The summed E-state index contributed by atoms with van der Waals surface area (Å²) in [6.45, 7) is 17.0. The third-order valence-corrected chi connectivity index (χ3v) is 9.97. The van der Waals surface area contributed by atoms with E-state index in [9.17, 15) is 2.74 Å². The van der Waals surface area contributed by atoms with Gasteiger partial charge in [-0.25, -0.2) is 4.57 Å². The number of hydrogen-bond donors (Lipinski definition) is 0. The van der Waals surface area contributed by atoms with Gasteiger partial charge in [-0.05, 0) is 81.6 Å². The number of furan rings is 1. The first-order valence-corrected chi connectivity index (χ1v) is 17.5. The standard InChI is InChI=1S/C47H51N2O/c1-28(2)36-17-14-18-37(29(3)4)45(36)49-24-23-48(10)47(49)43-32(9)19-21-39-38-22-20-34(27-42(38)50-46(39)43)44-40(30(5)6)25-35(26-41(44)31(7)8)33-15-12-11-13-16-33/h11-31H,1-10H3/q+1/i14D,28D,29D,30D,31D. The third-order valence-electron chi connectivity index (χ3n) is 9.97. The Labute approximate surface area is 305 Å². The SMILES string of the molecule is [2H]c1cc(C([2H])(C)C)c(-n2cc[n+](C)c2-c2c(C)ccc3c2oc2cc(-c4c(C([2H])(C)C)cc(-c5ccccc5)cc4C([2H])(C)C)ccc23)c(C([2H])(C)C)c1. The highest BCUT2D eigenvalue weighted by atomic mass is 16.3. The Morgan fingerprint density at radius 1 is 0.640 bits per heavy atom. The maximum absolute atomic E-state index is 9.31. The zero-order valence-corrected chi connectivity index (χ0v) is 31.0. The second-order valence-corrected chi connectivity index (χ2v) is 14.5. The van der Waals surface area contributed by atoms with Crippen LogP contribution in [0.25, 0.3) is 61.3 Å². The molecule has 0 aliphatic rings. The van der Waals surface area contributed by atoms with Gasteiger partial charge >= 0.3 is 0 Å². The quantitative estimate of drug-likeness (QED) is 0.148. The molecule has 0 aliphatic carbocycles. The molecule has 0 fully saturated rings. The highest BCUT2D eigenvalue weighted by molar-refractivity contribution is 6.10. The highest BCUT2D eigenvalue weighted by Crippen LogP contribution is 2.44. The monoisotopic (exact) mass is 664 g/mol. The van der Waals surface area contributed by atoms with Crippen molar-refractivity contribution in [2.75, 3.05) is 0 Å². The van der Waals surface area contributed by atoms with Crippen molar-refractivity contribution in [3.8, 4) is 39.3 Å². The van der Waals surface area contributed by atoms with Crippen molar-refractivity contribution in [1.82, 2.24) is 4.57 Å². The fraction of sp³-hybridized carbons (Fsp3) is 0.298. The molecule has 7 rings (SSSR count). The molecule has 50 heavy (non-hydrogen) atoms. The van der Waals surface area contributed by atoms with E-state index < -0.39 is 23.6 Å². The summed E-state index contributed by atoms with van der Waals surface area (Å²) in [4.78, 5) is 0. The number of hydrogen-bond acceptors (Lipinski definition) is 1. The maximum Gasteiger partial charge on any atom is 0.297 e. The lowest BCUT2D eigenvalue weighted by molar-refractivity contribution is -0.659. The van der Waals surface area contributed by atoms with E-state index in [1.165, 1.54) is 0 Å². The summed E-state index contributed by atoms with van der Waals surface area (Å²) in [5.74, 6) is -3.15. The third kappa shape index (κ3) is 5.67. The summed E-state index contributed by atoms with van der Waals surface area (Å²) in [5.41, 5.74) is 10.9. The van der Waals surface area contributed by atoms with Gasteiger partial charge in [0.1, 0.15) is 29.2 Å². The van der Waals surface area contributed by atoms with Gasteiger partial charge in [-0.3, -0.25) is 0 Å². The van der Waals surface area contributed by atoms with E-state index in [0.29, 0.717) is 16.7 Å². The lowest BCUT2D eigenvalue weighted by atomic mass is 9.82. The van der Waals surface area contributed by atoms with Gasteiger partial charge < -0.3 is 4.42 Å². The molecule has 254 valence electrons. The summed E-state index contributed by atoms with van der Waals surface area (Å²) in [6, 6.07) is 28.6. The van der Waals surface area contributed by atoms with Gasteiger partial charge in [-0.15, -0.1) is 0 Å².